The standard InChI is InChI=1S/C18H21F3N2O2/c19-18(20,21)17(25)14-9-5-2-6-10-15(14)22-23(17)16(24)12-11-13-7-3-1-4-8-13/h1,3-4,7-8,14,25H,2,5-6,9-12H2. The van der Waals surface area contributed by atoms with Gasteiger partial charge in [-0.3, -0.25) is 4.79 Å². The lowest BCUT2D eigenvalue weighted by atomic mass is 9.87. The summed E-state index contributed by atoms with van der Waals surface area (Å²) in [5.41, 5.74) is -2.07. The van der Waals surface area contributed by atoms with Gasteiger partial charge >= 0.3 is 6.18 Å². The number of hydrazone groups is 1. The lowest BCUT2D eigenvalue weighted by molar-refractivity contribution is -0.316. The van der Waals surface area contributed by atoms with E-state index < -0.39 is 23.7 Å². The molecule has 1 amide bonds. The first-order valence-electron chi connectivity index (χ1n) is 8.57. The predicted octanol–water partition coefficient (Wildman–Crippen LogP) is 3.65. The zero-order valence-electron chi connectivity index (χ0n) is 13.8. The van der Waals surface area contributed by atoms with Gasteiger partial charge in [0.15, 0.2) is 0 Å². The Balaban J connectivity index is 1.83. The summed E-state index contributed by atoms with van der Waals surface area (Å²) in [5.74, 6) is -1.96. The molecule has 2 unspecified atom stereocenters. The van der Waals surface area contributed by atoms with E-state index in [9.17, 15) is 23.1 Å². The summed E-state index contributed by atoms with van der Waals surface area (Å²) in [7, 11) is 0. The van der Waals surface area contributed by atoms with Crippen LogP contribution in [0.4, 0.5) is 13.2 Å². The van der Waals surface area contributed by atoms with Crippen LogP contribution in [0.2, 0.25) is 0 Å². The van der Waals surface area contributed by atoms with Crippen LogP contribution in [-0.2, 0) is 11.2 Å². The van der Waals surface area contributed by atoms with E-state index in [2.05, 4.69) is 5.10 Å². The Bertz CT molecular complexity index is 660. The summed E-state index contributed by atoms with van der Waals surface area (Å²) >= 11 is 0. The van der Waals surface area contributed by atoms with E-state index >= 15 is 0 Å². The SMILES string of the molecule is O=C(CCc1ccccc1)N1N=C2CCCCCC2C1(O)C(F)(F)F. The van der Waals surface area contributed by atoms with Crippen molar-refractivity contribution >= 4 is 11.6 Å². The van der Waals surface area contributed by atoms with Crippen molar-refractivity contribution in [1.82, 2.24) is 5.01 Å². The van der Waals surface area contributed by atoms with Gasteiger partial charge in [0.25, 0.3) is 5.72 Å². The molecule has 0 aromatic heterocycles. The van der Waals surface area contributed by atoms with Gasteiger partial charge in [-0.1, -0.05) is 43.2 Å². The maximum Gasteiger partial charge on any atom is 0.439 e. The van der Waals surface area contributed by atoms with E-state index in [4.69, 9.17) is 0 Å². The first-order chi connectivity index (χ1) is 11.8. The van der Waals surface area contributed by atoms with Crippen LogP contribution < -0.4 is 0 Å². The highest BCUT2D eigenvalue weighted by Crippen LogP contribution is 2.47. The summed E-state index contributed by atoms with van der Waals surface area (Å²) in [6, 6.07) is 9.06. The van der Waals surface area contributed by atoms with Crippen molar-refractivity contribution in [1.29, 1.82) is 0 Å². The third-order valence-corrected chi connectivity index (χ3v) is 4.99. The Labute approximate surface area is 144 Å². The van der Waals surface area contributed by atoms with Gasteiger partial charge in [-0.15, -0.1) is 0 Å². The van der Waals surface area contributed by atoms with Crippen molar-refractivity contribution in [3.63, 3.8) is 0 Å². The number of carbonyl (C=O) groups is 1. The molecule has 1 aliphatic carbocycles. The number of carbonyl (C=O) groups excluding carboxylic acids is 1. The number of nitrogens with zero attached hydrogens (tertiary/aromatic N) is 2. The molecule has 0 bridgehead atoms. The van der Waals surface area contributed by atoms with Crippen LogP contribution in [0, 0.1) is 5.92 Å². The first kappa shape index (κ1) is 17.9. The van der Waals surface area contributed by atoms with Crippen LogP contribution in [0.15, 0.2) is 35.4 Å². The summed E-state index contributed by atoms with van der Waals surface area (Å²) in [4.78, 5) is 12.5. The molecule has 0 saturated heterocycles. The largest absolute Gasteiger partial charge is 0.439 e. The fourth-order valence-electron chi connectivity index (χ4n) is 3.64. The number of hydrogen-bond acceptors (Lipinski definition) is 3. The van der Waals surface area contributed by atoms with Crippen molar-refractivity contribution in [2.45, 2.75) is 56.8 Å². The average Bonchev–Trinajstić information content (AvgIpc) is 2.74. The fourth-order valence-corrected chi connectivity index (χ4v) is 3.64. The Morgan fingerprint density at radius 2 is 1.96 bits per heavy atom. The summed E-state index contributed by atoms with van der Waals surface area (Å²) in [6.07, 6.45) is -2.06. The fraction of sp³-hybridized carbons (Fsp3) is 0.556. The van der Waals surface area contributed by atoms with Crippen molar-refractivity contribution in [2.24, 2.45) is 11.0 Å². The molecule has 0 radical (unpaired) electrons. The van der Waals surface area contributed by atoms with Crippen LogP contribution in [0.25, 0.3) is 0 Å². The molecule has 2 atom stereocenters. The molecule has 1 aromatic carbocycles. The Morgan fingerprint density at radius 3 is 2.64 bits per heavy atom. The molecule has 0 spiro atoms. The van der Waals surface area contributed by atoms with Gasteiger partial charge in [0.05, 0.1) is 5.92 Å². The minimum Gasteiger partial charge on any atom is -0.362 e. The smallest absolute Gasteiger partial charge is 0.362 e. The third-order valence-electron chi connectivity index (χ3n) is 4.99. The van der Waals surface area contributed by atoms with Crippen LogP contribution in [0.5, 0.6) is 0 Å². The van der Waals surface area contributed by atoms with Crippen LogP contribution in [0.3, 0.4) is 0 Å². The molecule has 25 heavy (non-hydrogen) atoms. The molecule has 1 heterocycles. The normalized spacial score (nSPS) is 26.8. The lowest BCUT2D eigenvalue weighted by Gasteiger charge is -2.37. The van der Waals surface area contributed by atoms with Gasteiger partial charge < -0.3 is 5.11 Å². The molecule has 136 valence electrons. The second-order valence-corrected chi connectivity index (χ2v) is 6.66. The van der Waals surface area contributed by atoms with Crippen LogP contribution in [0.1, 0.15) is 44.1 Å². The molecule has 7 heteroatoms. The monoisotopic (exact) mass is 354 g/mol. The molecule has 4 nitrogen and oxygen atoms in total. The minimum atomic E-state index is -4.95. The molecule has 1 aromatic rings. The highest BCUT2D eigenvalue weighted by Gasteiger charge is 2.67. The average molecular weight is 354 g/mol. The molecule has 1 N–H and O–H groups in total. The summed E-state index contributed by atoms with van der Waals surface area (Å²) in [6.45, 7) is 0. The quantitative estimate of drug-likeness (QED) is 0.901. The molecule has 2 aliphatic rings. The van der Waals surface area contributed by atoms with Gasteiger partial charge in [0.2, 0.25) is 5.91 Å². The number of halogens is 3. The van der Waals surface area contributed by atoms with Crippen molar-refractivity contribution in [2.75, 3.05) is 0 Å². The number of aryl methyl sites for hydroxylation is 1. The molecule has 1 fully saturated rings. The number of hydrogen-bond donors (Lipinski definition) is 1. The minimum absolute atomic E-state index is 0.133. The topological polar surface area (TPSA) is 52.9 Å². The Hall–Kier alpha value is -1.89. The number of aliphatic hydroxyl groups is 1. The second-order valence-electron chi connectivity index (χ2n) is 6.66. The first-order valence-corrected chi connectivity index (χ1v) is 8.57. The summed E-state index contributed by atoms with van der Waals surface area (Å²) in [5, 5.41) is 14.8. The van der Waals surface area contributed by atoms with Gasteiger partial charge in [0, 0.05) is 12.1 Å². The van der Waals surface area contributed by atoms with E-state index in [0.29, 0.717) is 30.0 Å². The number of amides is 1. The molecule has 1 saturated carbocycles. The van der Waals surface area contributed by atoms with E-state index in [1.807, 2.05) is 18.2 Å². The molecule has 3 rings (SSSR count). The van der Waals surface area contributed by atoms with Gasteiger partial charge in [-0.2, -0.15) is 23.3 Å². The van der Waals surface area contributed by atoms with Gasteiger partial charge in [-0.25, -0.2) is 0 Å². The molecular weight excluding hydrogens is 333 g/mol. The van der Waals surface area contributed by atoms with E-state index in [1.165, 1.54) is 0 Å². The molecular formula is C18H21F3N2O2. The molecule has 1 aliphatic heterocycles. The maximum atomic E-state index is 13.7. The lowest BCUT2D eigenvalue weighted by Crippen LogP contribution is -2.61. The van der Waals surface area contributed by atoms with Crippen molar-refractivity contribution in [3.8, 4) is 0 Å². The van der Waals surface area contributed by atoms with Crippen molar-refractivity contribution < 1.29 is 23.1 Å². The van der Waals surface area contributed by atoms with Gasteiger partial charge in [-0.05, 0) is 31.2 Å². The van der Waals surface area contributed by atoms with E-state index in [-0.39, 0.29) is 12.8 Å². The third kappa shape index (κ3) is 3.29. The predicted molar refractivity (Wildman–Crippen MR) is 86.6 cm³/mol. The number of benzene rings is 1. The zero-order chi connectivity index (χ0) is 18.1. The van der Waals surface area contributed by atoms with Crippen molar-refractivity contribution in [3.05, 3.63) is 35.9 Å². The highest BCUT2D eigenvalue weighted by molar-refractivity contribution is 5.93. The Morgan fingerprint density at radius 1 is 1.24 bits per heavy atom. The van der Waals surface area contributed by atoms with Gasteiger partial charge in [0.1, 0.15) is 0 Å². The van der Waals surface area contributed by atoms with Crippen LogP contribution >= 0.6 is 0 Å². The zero-order valence-corrected chi connectivity index (χ0v) is 13.8. The maximum absolute atomic E-state index is 13.7. The second kappa shape index (κ2) is 6.78. The number of rotatable bonds is 3. The number of alkyl halides is 3. The van der Waals surface area contributed by atoms with E-state index in [0.717, 1.165) is 18.4 Å². The highest BCUT2D eigenvalue weighted by atomic mass is 19.4. The van der Waals surface area contributed by atoms with Crippen LogP contribution in [-0.4, -0.2) is 33.6 Å². The van der Waals surface area contributed by atoms with E-state index in [1.54, 1.807) is 12.1 Å². The Kier molecular flexibility index (Phi) is 4.86. The number of fused-ring (bicyclic) bond motifs is 1. The summed E-state index contributed by atoms with van der Waals surface area (Å²) < 4.78 is 41.1.